The van der Waals surface area contributed by atoms with E-state index in [1.165, 1.54) is 10.5 Å². The second kappa shape index (κ2) is 6.28. The molecule has 0 saturated carbocycles. The smallest absolute Gasteiger partial charge is 0.0610 e. The number of thioether (sulfide) groups is 1. The molecule has 0 aliphatic rings. The summed E-state index contributed by atoms with van der Waals surface area (Å²) < 4.78 is 0. The summed E-state index contributed by atoms with van der Waals surface area (Å²) in [6.45, 7) is 4.36. The van der Waals surface area contributed by atoms with E-state index in [9.17, 15) is 5.11 Å². The van der Waals surface area contributed by atoms with Gasteiger partial charge in [0.05, 0.1) is 6.61 Å². The Kier molecular flexibility index (Phi) is 5.32. The van der Waals surface area contributed by atoms with Gasteiger partial charge >= 0.3 is 0 Å². The molecule has 0 fully saturated rings. The lowest BCUT2D eigenvalue weighted by molar-refractivity contribution is 0.179. The zero-order chi connectivity index (χ0) is 12.0. The number of hydrogen-bond donors (Lipinski definition) is 2. The van der Waals surface area contributed by atoms with Crippen LogP contribution in [0.5, 0.6) is 0 Å². The summed E-state index contributed by atoms with van der Waals surface area (Å²) >= 11 is 1.85. The second-order valence-corrected chi connectivity index (χ2v) is 5.47. The van der Waals surface area contributed by atoms with Gasteiger partial charge < -0.3 is 10.4 Å². The predicted octanol–water partition coefficient (Wildman–Crippen LogP) is 2.45. The van der Waals surface area contributed by atoms with Gasteiger partial charge in [-0.05, 0) is 44.7 Å². The van der Waals surface area contributed by atoms with Gasteiger partial charge in [0.25, 0.3) is 0 Å². The van der Waals surface area contributed by atoms with Crippen LogP contribution in [-0.2, 0) is 0 Å². The van der Waals surface area contributed by atoms with Crippen molar-refractivity contribution in [3.8, 4) is 0 Å². The molecule has 0 aliphatic heterocycles. The number of aryl methyl sites for hydroxylation is 1. The van der Waals surface area contributed by atoms with Crippen molar-refractivity contribution in [2.24, 2.45) is 0 Å². The number of likely N-dealkylation sites (N-methyl/N-ethyl adjacent to an activating group) is 1. The summed E-state index contributed by atoms with van der Waals surface area (Å²) in [4.78, 5) is 1.33. The molecule has 3 heteroatoms. The van der Waals surface area contributed by atoms with Crippen molar-refractivity contribution in [2.45, 2.75) is 30.7 Å². The molecule has 0 heterocycles. The van der Waals surface area contributed by atoms with Gasteiger partial charge in [-0.15, -0.1) is 11.8 Å². The Hall–Kier alpha value is -0.510. The molecule has 90 valence electrons. The summed E-state index contributed by atoms with van der Waals surface area (Å²) in [5, 5.41) is 12.4. The van der Waals surface area contributed by atoms with Gasteiger partial charge in [-0.2, -0.15) is 0 Å². The van der Waals surface area contributed by atoms with E-state index >= 15 is 0 Å². The lowest BCUT2D eigenvalue weighted by atomic mass is 10.0. The zero-order valence-corrected chi connectivity index (χ0v) is 11.1. The monoisotopic (exact) mass is 239 g/mol. The fraction of sp³-hybridized carbons (Fsp3) is 0.538. The van der Waals surface area contributed by atoms with Crippen LogP contribution in [0, 0.1) is 6.92 Å². The third kappa shape index (κ3) is 3.81. The molecule has 0 bridgehead atoms. The highest BCUT2D eigenvalue weighted by Gasteiger charge is 2.19. The summed E-state index contributed by atoms with van der Waals surface area (Å²) in [6, 6.07) is 8.41. The topological polar surface area (TPSA) is 32.3 Å². The minimum absolute atomic E-state index is 0.157. The van der Waals surface area contributed by atoms with Crippen molar-refractivity contribution in [3.05, 3.63) is 29.8 Å². The number of benzene rings is 1. The molecule has 1 rings (SSSR count). The van der Waals surface area contributed by atoms with E-state index in [1.54, 1.807) is 0 Å². The van der Waals surface area contributed by atoms with E-state index in [-0.39, 0.29) is 12.1 Å². The molecule has 16 heavy (non-hydrogen) atoms. The van der Waals surface area contributed by atoms with Gasteiger partial charge in [-0.25, -0.2) is 0 Å². The van der Waals surface area contributed by atoms with E-state index < -0.39 is 0 Å². The first-order valence-corrected chi connectivity index (χ1v) is 6.58. The molecule has 0 radical (unpaired) electrons. The molecule has 1 aromatic rings. The van der Waals surface area contributed by atoms with Crippen LogP contribution >= 0.6 is 11.8 Å². The maximum Gasteiger partial charge on any atom is 0.0610 e. The lowest BCUT2D eigenvalue weighted by Gasteiger charge is -2.26. The highest BCUT2D eigenvalue weighted by atomic mass is 32.2. The molecule has 1 aromatic carbocycles. The Labute approximate surface area is 102 Å². The fourth-order valence-corrected chi connectivity index (χ4v) is 2.63. The van der Waals surface area contributed by atoms with Crippen molar-refractivity contribution in [1.29, 1.82) is 0 Å². The molecule has 0 aromatic heterocycles. The van der Waals surface area contributed by atoms with Crippen LogP contribution in [0.4, 0.5) is 0 Å². The molecule has 1 unspecified atom stereocenters. The van der Waals surface area contributed by atoms with Crippen LogP contribution < -0.4 is 5.32 Å². The van der Waals surface area contributed by atoms with Gasteiger partial charge in [-0.3, -0.25) is 0 Å². The molecule has 0 aliphatic carbocycles. The zero-order valence-electron chi connectivity index (χ0n) is 10.3. The number of nitrogens with one attached hydrogen (secondary N) is 1. The fourth-order valence-electron chi connectivity index (χ4n) is 1.39. The third-order valence-corrected chi connectivity index (χ3v) is 4.13. The van der Waals surface area contributed by atoms with Crippen molar-refractivity contribution in [3.63, 3.8) is 0 Å². The summed E-state index contributed by atoms with van der Waals surface area (Å²) in [6.07, 6.45) is 0.957. The minimum atomic E-state index is -0.157. The molecule has 0 amide bonds. The number of aliphatic hydroxyl groups excluding tert-OH is 1. The van der Waals surface area contributed by atoms with E-state index in [1.807, 2.05) is 25.7 Å². The lowest BCUT2D eigenvalue weighted by Crippen LogP contribution is -2.43. The summed E-state index contributed by atoms with van der Waals surface area (Å²) in [7, 11) is 1.90. The van der Waals surface area contributed by atoms with Crippen LogP contribution in [0.25, 0.3) is 0 Å². The maximum absolute atomic E-state index is 9.27. The number of aliphatic hydroxyl groups is 1. The Morgan fingerprint density at radius 1 is 1.38 bits per heavy atom. The predicted molar refractivity (Wildman–Crippen MR) is 71.1 cm³/mol. The van der Waals surface area contributed by atoms with Gasteiger partial charge in [-0.1, -0.05) is 18.2 Å². The summed E-state index contributed by atoms with van der Waals surface area (Å²) in [5.41, 5.74) is 1.16. The standard InChI is InChI=1S/C13H21NOS/c1-11-6-4-5-7-12(11)16-9-8-13(2,10-15)14-3/h4-7,14-15H,8-10H2,1-3H3. The van der Waals surface area contributed by atoms with Crippen LogP contribution in [-0.4, -0.2) is 30.1 Å². The van der Waals surface area contributed by atoms with Crippen molar-refractivity contribution >= 4 is 11.8 Å². The quantitative estimate of drug-likeness (QED) is 0.748. The molecular formula is C13H21NOS. The Balaban J connectivity index is 2.44. The third-order valence-electron chi connectivity index (χ3n) is 2.96. The molecule has 2 nitrogen and oxygen atoms in total. The SMILES string of the molecule is CNC(C)(CO)CCSc1ccccc1C. The van der Waals surface area contributed by atoms with Crippen LogP contribution in [0.15, 0.2) is 29.2 Å². The highest BCUT2D eigenvalue weighted by molar-refractivity contribution is 7.99. The largest absolute Gasteiger partial charge is 0.394 e. The molecular weight excluding hydrogens is 218 g/mol. The number of rotatable bonds is 6. The van der Waals surface area contributed by atoms with Crippen LogP contribution in [0.3, 0.4) is 0 Å². The Morgan fingerprint density at radius 2 is 2.06 bits per heavy atom. The summed E-state index contributed by atoms with van der Waals surface area (Å²) in [5.74, 6) is 1.02. The van der Waals surface area contributed by atoms with Gasteiger partial charge in [0.15, 0.2) is 0 Å². The van der Waals surface area contributed by atoms with Crippen LogP contribution in [0.1, 0.15) is 18.9 Å². The van der Waals surface area contributed by atoms with Gasteiger partial charge in [0.1, 0.15) is 0 Å². The van der Waals surface area contributed by atoms with Crippen molar-refractivity contribution in [1.82, 2.24) is 5.32 Å². The van der Waals surface area contributed by atoms with Crippen molar-refractivity contribution in [2.75, 3.05) is 19.4 Å². The van der Waals surface area contributed by atoms with E-state index in [4.69, 9.17) is 0 Å². The average molecular weight is 239 g/mol. The Morgan fingerprint density at radius 3 is 2.62 bits per heavy atom. The second-order valence-electron chi connectivity index (χ2n) is 4.33. The molecule has 0 spiro atoms. The Bertz CT molecular complexity index is 323. The molecule has 2 N–H and O–H groups in total. The van der Waals surface area contributed by atoms with E-state index in [2.05, 4.69) is 36.5 Å². The average Bonchev–Trinajstić information content (AvgIpc) is 2.31. The molecule has 1 atom stereocenters. The highest BCUT2D eigenvalue weighted by Crippen LogP contribution is 2.24. The maximum atomic E-state index is 9.27. The minimum Gasteiger partial charge on any atom is -0.394 e. The van der Waals surface area contributed by atoms with E-state index in [0.29, 0.717) is 0 Å². The van der Waals surface area contributed by atoms with Gasteiger partial charge in [0, 0.05) is 10.4 Å². The molecule has 0 saturated heterocycles. The first kappa shape index (κ1) is 13.6. The van der Waals surface area contributed by atoms with E-state index in [0.717, 1.165) is 12.2 Å². The van der Waals surface area contributed by atoms with Gasteiger partial charge in [0.2, 0.25) is 0 Å². The first-order valence-electron chi connectivity index (χ1n) is 5.59. The normalized spacial score (nSPS) is 14.8. The van der Waals surface area contributed by atoms with Crippen molar-refractivity contribution < 1.29 is 5.11 Å². The van der Waals surface area contributed by atoms with Crippen LogP contribution in [0.2, 0.25) is 0 Å². The first-order chi connectivity index (χ1) is 7.61. The number of hydrogen-bond acceptors (Lipinski definition) is 3.